The van der Waals surface area contributed by atoms with Crippen molar-refractivity contribution in [2.75, 3.05) is 37.7 Å². The molecule has 46 heavy (non-hydrogen) atoms. The predicted molar refractivity (Wildman–Crippen MR) is 165 cm³/mol. The first-order chi connectivity index (χ1) is 22.3. The van der Waals surface area contributed by atoms with Crippen LogP contribution in [0, 0.1) is 24.0 Å². The average Bonchev–Trinajstić information content (AvgIpc) is 3.65. The minimum atomic E-state index is -0.942. The fourth-order valence-corrected chi connectivity index (χ4v) is 8.20. The van der Waals surface area contributed by atoms with E-state index in [2.05, 4.69) is 20.8 Å². The molecule has 236 valence electrons. The van der Waals surface area contributed by atoms with Crippen LogP contribution in [0.15, 0.2) is 30.5 Å². The number of aromatic hydroxyl groups is 1. The Labute approximate surface area is 263 Å². The van der Waals surface area contributed by atoms with Crippen LogP contribution in [0.25, 0.3) is 32.9 Å². The number of terminal acetylenes is 1. The number of phenolic OH excluding ortho intramolecular Hbond substituents is 1. The molecule has 2 aromatic heterocycles. The summed E-state index contributed by atoms with van der Waals surface area (Å²) in [6.07, 6.45) is 10.9. The van der Waals surface area contributed by atoms with Crippen molar-refractivity contribution in [3.05, 3.63) is 47.7 Å². The van der Waals surface area contributed by atoms with Gasteiger partial charge in [0.1, 0.15) is 41.4 Å². The number of anilines is 1. The minimum absolute atomic E-state index is 0.00985. The topological polar surface area (TPSA) is 94.9 Å². The molecule has 4 aliphatic rings. The number of ether oxygens (including phenoxy) is 1. The highest BCUT2D eigenvalue weighted by atomic mass is 19.1. The lowest BCUT2D eigenvalue weighted by Gasteiger charge is -2.40. The van der Waals surface area contributed by atoms with Crippen LogP contribution in [0.3, 0.4) is 0 Å². The van der Waals surface area contributed by atoms with Gasteiger partial charge in [-0.1, -0.05) is 12.0 Å². The van der Waals surface area contributed by atoms with Gasteiger partial charge in [-0.2, -0.15) is 9.97 Å². The van der Waals surface area contributed by atoms with Crippen molar-refractivity contribution in [2.45, 2.75) is 55.9 Å². The smallest absolute Gasteiger partial charge is 0.319 e. The summed E-state index contributed by atoms with van der Waals surface area (Å²) in [6.45, 7) is 2.29. The fraction of sp³-hybridized carbons (Fsp3) is 0.412. The highest BCUT2D eigenvalue weighted by Gasteiger charge is 2.49. The molecular weight excluding hydrogens is 597 g/mol. The summed E-state index contributed by atoms with van der Waals surface area (Å²) in [6, 6.07) is 5.32. The van der Waals surface area contributed by atoms with Crippen LogP contribution >= 0.6 is 0 Å². The Balaban J connectivity index is 1.27. The molecule has 1 N–H and O–H groups in total. The lowest BCUT2D eigenvalue weighted by molar-refractivity contribution is -0.121. The molecule has 2 bridgehead atoms. The zero-order valence-corrected chi connectivity index (χ0v) is 24.9. The largest absolute Gasteiger partial charge is 0.508 e. The summed E-state index contributed by atoms with van der Waals surface area (Å²) in [5.41, 5.74) is -0.671. The number of benzene rings is 2. The first-order valence-corrected chi connectivity index (χ1v) is 15.6. The van der Waals surface area contributed by atoms with Gasteiger partial charge in [-0.05, 0) is 55.8 Å². The third kappa shape index (κ3) is 4.43. The van der Waals surface area contributed by atoms with Crippen molar-refractivity contribution in [3.63, 3.8) is 0 Å². The summed E-state index contributed by atoms with van der Waals surface area (Å²) in [5.74, 6) is 1.14. The molecule has 4 aliphatic heterocycles. The minimum Gasteiger partial charge on any atom is -0.508 e. The molecule has 0 radical (unpaired) electrons. The molecule has 0 aliphatic carbocycles. The van der Waals surface area contributed by atoms with E-state index in [0.29, 0.717) is 42.6 Å². The molecule has 12 heteroatoms. The maximum absolute atomic E-state index is 16.8. The monoisotopic (exact) mass is 628 g/mol. The van der Waals surface area contributed by atoms with Gasteiger partial charge in [0.2, 0.25) is 6.41 Å². The van der Waals surface area contributed by atoms with E-state index in [4.69, 9.17) is 16.1 Å². The number of hydrogen-bond acceptors (Lipinski definition) is 8. The molecule has 4 saturated heterocycles. The van der Waals surface area contributed by atoms with Crippen LogP contribution in [0.2, 0.25) is 0 Å². The standard InChI is InChI=1S/C34H31F3N6O3/c1-2-24-27(36)7-4-19-10-23(45)11-25(28(19)24)30-29(37)31-26(13-38-30)32(41-15-21-5-6-22(16-41)43(21)18-44)40-33(39-31)46-17-34-8-3-9-42(34)14-20(35)12-34/h1,4,7,10-11,13,18,20-22,45H,3,5-6,8-9,12,14-17H2/t20-,21?,22?,34+/m1/s1. The van der Waals surface area contributed by atoms with Gasteiger partial charge in [0.05, 0.1) is 16.5 Å². The van der Waals surface area contributed by atoms with Crippen molar-refractivity contribution in [3.8, 4) is 35.4 Å². The van der Waals surface area contributed by atoms with E-state index >= 15 is 4.39 Å². The van der Waals surface area contributed by atoms with E-state index in [0.717, 1.165) is 38.6 Å². The van der Waals surface area contributed by atoms with Gasteiger partial charge in [0.15, 0.2) is 5.82 Å². The van der Waals surface area contributed by atoms with Crippen molar-refractivity contribution in [1.82, 2.24) is 24.8 Å². The molecule has 4 fully saturated rings. The van der Waals surface area contributed by atoms with Gasteiger partial charge < -0.3 is 19.6 Å². The number of nitrogens with zero attached hydrogens (tertiary/aromatic N) is 6. The number of halogens is 3. The molecule has 0 saturated carbocycles. The zero-order valence-electron chi connectivity index (χ0n) is 24.9. The number of amides is 1. The molecule has 1 amide bonds. The maximum atomic E-state index is 16.8. The summed E-state index contributed by atoms with van der Waals surface area (Å²) in [4.78, 5) is 31.5. The number of alkyl halides is 1. The Morgan fingerprint density at radius 1 is 1.15 bits per heavy atom. The van der Waals surface area contributed by atoms with E-state index in [1.165, 1.54) is 30.5 Å². The number of carbonyl (C=O) groups is 1. The number of carbonyl (C=O) groups excluding carboxylic acids is 1. The first kappa shape index (κ1) is 28.8. The average molecular weight is 629 g/mol. The Morgan fingerprint density at radius 3 is 2.72 bits per heavy atom. The Kier molecular flexibility index (Phi) is 6.72. The highest BCUT2D eigenvalue weighted by molar-refractivity contribution is 6.03. The van der Waals surface area contributed by atoms with E-state index in [1.54, 1.807) is 0 Å². The van der Waals surface area contributed by atoms with E-state index in [9.17, 15) is 18.7 Å². The van der Waals surface area contributed by atoms with Gasteiger partial charge in [-0.15, -0.1) is 6.42 Å². The number of fused-ring (bicyclic) bond motifs is 5. The summed E-state index contributed by atoms with van der Waals surface area (Å²) in [5, 5.41) is 11.5. The number of pyridine rings is 1. The summed E-state index contributed by atoms with van der Waals surface area (Å²) < 4.78 is 52.3. The summed E-state index contributed by atoms with van der Waals surface area (Å²) >= 11 is 0. The highest BCUT2D eigenvalue weighted by Crippen LogP contribution is 2.42. The number of hydrogen-bond donors (Lipinski definition) is 1. The number of piperazine rings is 1. The van der Waals surface area contributed by atoms with Crippen LogP contribution in [0.1, 0.15) is 37.7 Å². The molecule has 4 atom stereocenters. The normalized spacial score (nSPS) is 25.7. The van der Waals surface area contributed by atoms with Crippen LogP contribution < -0.4 is 9.64 Å². The summed E-state index contributed by atoms with van der Waals surface area (Å²) in [7, 11) is 0. The molecule has 4 aromatic rings. The lowest BCUT2D eigenvalue weighted by atomic mass is 9.95. The second-order valence-electron chi connectivity index (χ2n) is 12.9. The fourth-order valence-electron chi connectivity index (χ4n) is 8.20. The van der Waals surface area contributed by atoms with Gasteiger partial charge >= 0.3 is 6.01 Å². The Morgan fingerprint density at radius 2 is 1.96 bits per heavy atom. The SMILES string of the molecule is C#Cc1c(F)ccc2cc(O)cc(-c3ncc4c(N5CC6CCC(C5)N6C=O)nc(OC[C@@]56CCCN5C[C@H](F)C6)nc4c3F)c12. The van der Waals surface area contributed by atoms with Gasteiger partial charge in [0, 0.05) is 55.3 Å². The van der Waals surface area contributed by atoms with Crippen molar-refractivity contribution in [2.24, 2.45) is 0 Å². The quantitative estimate of drug-likeness (QED) is 0.245. The molecule has 0 spiro atoms. The van der Waals surface area contributed by atoms with E-state index < -0.39 is 23.3 Å². The molecule has 2 unspecified atom stereocenters. The van der Waals surface area contributed by atoms with Gasteiger partial charge in [0.25, 0.3) is 0 Å². The Hall–Kier alpha value is -4.63. The number of rotatable bonds is 6. The molecule has 6 heterocycles. The van der Waals surface area contributed by atoms with Gasteiger partial charge in [-0.3, -0.25) is 14.7 Å². The lowest BCUT2D eigenvalue weighted by Crippen LogP contribution is -2.53. The molecule has 9 nitrogen and oxygen atoms in total. The molecular formula is C34H31F3N6O3. The van der Waals surface area contributed by atoms with Crippen LogP contribution in [0.5, 0.6) is 11.8 Å². The first-order valence-electron chi connectivity index (χ1n) is 15.6. The van der Waals surface area contributed by atoms with Crippen LogP contribution in [0.4, 0.5) is 19.0 Å². The zero-order chi connectivity index (χ0) is 31.7. The second-order valence-corrected chi connectivity index (χ2v) is 12.9. The number of phenols is 1. The van der Waals surface area contributed by atoms with Crippen LogP contribution in [-0.4, -0.2) is 92.8 Å². The van der Waals surface area contributed by atoms with Gasteiger partial charge in [-0.25, -0.2) is 13.2 Å². The second kappa shape index (κ2) is 10.7. The van der Waals surface area contributed by atoms with Crippen molar-refractivity contribution < 1.29 is 27.8 Å². The molecule has 8 rings (SSSR count). The third-order valence-electron chi connectivity index (χ3n) is 10.3. The van der Waals surface area contributed by atoms with Crippen molar-refractivity contribution in [1.29, 1.82) is 0 Å². The van der Waals surface area contributed by atoms with Crippen LogP contribution in [-0.2, 0) is 4.79 Å². The van der Waals surface area contributed by atoms with E-state index in [1.807, 2.05) is 9.80 Å². The Bertz CT molecular complexity index is 1940. The predicted octanol–water partition coefficient (Wildman–Crippen LogP) is 4.57. The maximum Gasteiger partial charge on any atom is 0.319 e. The third-order valence-corrected chi connectivity index (χ3v) is 10.3. The molecule has 2 aromatic carbocycles. The number of aromatic nitrogens is 3. The van der Waals surface area contributed by atoms with E-state index in [-0.39, 0.29) is 58.2 Å². The van der Waals surface area contributed by atoms with Crippen molar-refractivity contribution >= 4 is 33.9 Å².